The number of nitrogens with zero attached hydrogens (tertiary/aromatic N) is 2. The van der Waals surface area contributed by atoms with E-state index in [-0.39, 0.29) is 24.8 Å². The van der Waals surface area contributed by atoms with Crippen LogP contribution in [-0.4, -0.2) is 21.2 Å². The summed E-state index contributed by atoms with van der Waals surface area (Å²) < 4.78 is 1.89. The van der Waals surface area contributed by atoms with Gasteiger partial charge in [-0.15, -0.1) is 0 Å². The number of benzene rings is 3. The summed E-state index contributed by atoms with van der Waals surface area (Å²) in [5, 5.41) is 2.95. The maximum absolute atomic E-state index is 12.8. The minimum absolute atomic E-state index is 0.00964. The highest BCUT2D eigenvalue weighted by Crippen LogP contribution is 2.17. The SMILES string of the molecule is O=C(CCc1ccccc1)NCc1nc2ccccc2n1CC(=O)c1ccccc1. The highest BCUT2D eigenvalue weighted by molar-refractivity contribution is 5.96. The first kappa shape index (κ1) is 19.6. The lowest BCUT2D eigenvalue weighted by molar-refractivity contribution is -0.121. The van der Waals surface area contributed by atoms with E-state index in [9.17, 15) is 9.59 Å². The summed E-state index contributed by atoms with van der Waals surface area (Å²) >= 11 is 0. The Morgan fingerprint density at radius 3 is 2.27 bits per heavy atom. The molecule has 3 aromatic carbocycles. The maximum atomic E-state index is 12.8. The second kappa shape index (κ2) is 9.18. The molecule has 0 aliphatic heterocycles. The van der Waals surface area contributed by atoms with E-state index in [2.05, 4.69) is 10.3 Å². The molecule has 150 valence electrons. The standard InChI is InChI=1S/C25H23N3O2/c29-23(20-11-5-2-6-12-20)18-28-22-14-8-7-13-21(22)27-24(28)17-26-25(30)16-15-19-9-3-1-4-10-19/h1-14H,15-18H2,(H,26,30). The van der Waals surface area contributed by atoms with Crippen molar-refractivity contribution in [2.75, 3.05) is 0 Å². The number of Topliss-reactive ketones (excluding diaryl/α,β-unsaturated/α-hetero) is 1. The number of aromatic nitrogens is 2. The van der Waals surface area contributed by atoms with Gasteiger partial charge in [0.2, 0.25) is 5.91 Å². The molecule has 0 atom stereocenters. The number of carbonyl (C=O) groups excluding carboxylic acids is 2. The number of carbonyl (C=O) groups is 2. The van der Waals surface area contributed by atoms with Gasteiger partial charge in [-0.2, -0.15) is 0 Å². The molecule has 0 aliphatic rings. The molecule has 0 fully saturated rings. The molecule has 30 heavy (non-hydrogen) atoms. The fourth-order valence-electron chi connectivity index (χ4n) is 3.46. The van der Waals surface area contributed by atoms with Gasteiger partial charge in [-0.1, -0.05) is 72.8 Å². The highest BCUT2D eigenvalue weighted by Gasteiger charge is 2.15. The lowest BCUT2D eigenvalue weighted by Gasteiger charge is -2.10. The van der Waals surface area contributed by atoms with E-state index in [4.69, 9.17) is 0 Å². The van der Waals surface area contributed by atoms with E-state index in [1.54, 1.807) is 0 Å². The smallest absolute Gasteiger partial charge is 0.220 e. The number of hydrogen-bond acceptors (Lipinski definition) is 3. The van der Waals surface area contributed by atoms with Crippen LogP contribution >= 0.6 is 0 Å². The van der Waals surface area contributed by atoms with Gasteiger partial charge in [-0.3, -0.25) is 9.59 Å². The maximum Gasteiger partial charge on any atom is 0.220 e. The molecule has 4 rings (SSSR count). The fourth-order valence-corrected chi connectivity index (χ4v) is 3.46. The zero-order chi connectivity index (χ0) is 20.8. The number of hydrogen-bond donors (Lipinski definition) is 1. The van der Waals surface area contributed by atoms with Gasteiger partial charge in [0.25, 0.3) is 0 Å². The zero-order valence-corrected chi connectivity index (χ0v) is 16.6. The van der Waals surface area contributed by atoms with Gasteiger partial charge in [-0.05, 0) is 24.1 Å². The van der Waals surface area contributed by atoms with Gasteiger partial charge >= 0.3 is 0 Å². The Morgan fingerprint density at radius 1 is 0.833 bits per heavy atom. The van der Waals surface area contributed by atoms with Crippen molar-refractivity contribution < 1.29 is 9.59 Å². The summed E-state index contributed by atoms with van der Waals surface area (Å²) in [4.78, 5) is 29.8. The lowest BCUT2D eigenvalue weighted by Crippen LogP contribution is -2.25. The van der Waals surface area contributed by atoms with Gasteiger partial charge < -0.3 is 9.88 Å². The Bertz CT molecular complexity index is 1150. The minimum atomic E-state index is -0.0353. The van der Waals surface area contributed by atoms with Crippen LogP contribution in [0.1, 0.15) is 28.2 Å². The first-order valence-corrected chi connectivity index (χ1v) is 10.0. The summed E-state index contributed by atoms with van der Waals surface area (Å²) in [5.41, 5.74) is 3.49. The lowest BCUT2D eigenvalue weighted by atomic mass is 10.1. The van der Waals surface area contributed by atoms with Crippen molar-refractivity contribution in [1.29, 1.82) is 0 Å². The van der Waals surface area contributed by atoms with Crippen LogP contribution in [0.2, 0.25) is 0 Å². The predicted octanol–water partition coefficient (Wildman–Crippen LogP) is 4.17. The molecule has 1 aromatic heterocycles. The molecule has 0 radical (unpaired) electrons. The molecule has 4 aromatic rings. The molecular formula is C25H23N3O2. The number of para-hydroxylation sites is 2. The number of imidazole rings is 1. The number of rotatable bonds is 8. The predicted molar refractivity (Wildman–Crippen MR) is 117 cm³/mol. The number of amides is 1. The van der Waals surface area contributed by atoms with Crippen LogP contribution < -0.4 is 5.32 Å². The first-order valence-electron chi connectivity index (χ1n) is 10.0. The number of fused-ring (bicyclic) bond motifs is 1. The third-order valence-electron chi connectivity index (χ3n) is 5.06. The van der Waals surface area contributed by atoms with Crippen molar-refractivity contribution >= 4 is 22.7 Å². The summed E-state index contributed by atoms with van der Waals surface area (Å²) in [7, 11) is 0. The largest absolute Gasteiger partial charge is 0.349 e. The molecule has 0 aliphatic carbocycles. The van der Waals surface area contributed by atoms with Crippen LogP contribution in [0.3, 0.4) is 0 Å². The van der Waals surface area contributed by atoms with Crippen LogP contribution in [0.25, 0.3) is 11.0 Å². The normalized spacial score (nSPS) is 10.8. The molecule has 5 nitrogen and oxygen atoms in total. The first-order chi connectivity index (χ1) is 14.7. The Morgan fingerprint density at radius 2 is 1.50 bits per heavy atom. The van der Waals surface area contributed by atoms with E-state index in [0.29, 0.717) is 24.2 Å². The molecule has 1 heterocycles. The average Bonchev–Trinajstić information content (AvgIpc) is 3.15. The third kappa shape index (κ3) is 4.63. The van der Waals surface area contributed by atoms with Crippen molar-refractivity contribution in [1.82, 2.24) is 14.9 Å². The van der Waals surface area contributed by atoms with E-state index < -0.39 is 0 Å². The number of nitrogens with one attached hydrogen (secondary N) is 1. The van der Waals surface area contributed by atoms with Gasteiger partial charge in [0, 0.05) is 12.0 Å². The van der Waals surface area contributed by atoms with Crippen molar-refractivity contribution in [2.45, 2.75) is 25.9 Å². The van der Waals surface area contributed by atoms with E-state index in [1.165, 1.54) is 0 Å². The summed E-state index contributed by atoms with van der Waals surface area (Å²) in [6.07, 6.45) is 1.10. The molecule has 1 amide bonds. The van der Waals surface area contributed by atoms with Gasteiger partial charge in [0.15, 0.2) is 5.78 Å². The van der Waals surface area contributed by atoms with Crippen LogP contribution in [0.4, 0.5) is 0 Å². The van der Waals surface area contributed by atoms with Crippen LogP contribution in [0.15, 0.2) is 84.9 Å². The number of aryl methyl sites for hydroxylation is 1. The summed E-state index contributed by atoms with van der Waals surface area (Å²) in [6.45, 7) is 0.462. The molecule has 0 bridgehead atoms. The Balaban J connectivity index is 1.47. The Hall–Kier alpha value is -3.73. The van der Waals surface area contributed by atoms with E-state index in [0.717, 1.165) is 16.6 Å². The van der Waals surface area contributed by atoms with Crippen LogP contribution in [-0.2, 0) is 24.3 Å². The zero-order valence-electron chi connectivity index (χ0n) is 16.6. The second-order valence-corrected chi connectivity index (χ2v) is 7.15. The molecular weight excluding hydrogens is 374 g/mol. The monoisotopic (exact) mass is 397 g/mol. The van der Waals surface area contributed by atoms with Crippen molar-refractivity contribution in [3.63, 3.8) is 0 Å². The highest BCUT2D eigenvalue weighted by atomic mass is 16.1. The van der Waals surface area contributed by atoms with E-state index in [1.807, 2.05) is 89.5 Å². The van der Waals surface area contributed by atoms with Gasteiger partial charge in [-0.25, -0.2) is 4.98 Å². The van der Waals surface area contributed by atoms with E-state index >= 15 is 0 Å². The molecule has 0 saturated carbocycles. The minimum Gasteiger partial charge on any atom is -0.349 e. The molecule has 0 spiro atoms. The quantitative estimate of drug-likeness (QED) is 0.454. The van der Waals surface area contributed by atoms with Crippen LogP contribution in [0, 0.1) is 0 Å². The Labute approximate surface area is 175 Å². The van der Waals surface area contributed by atoms with Crippen LogP contribution in [0.5, 0.6) is 0 Å². The summed E-state index contributed by atoms with van der Waals surface area (Å²) in [5.74, 6) is 0.649. The third-order valence-corrected chi connectivity index (χ3v) is 5.06. The molecule has 0 saturated heterocycles. The number of ketones is 1. The fraction of sp³-hybridized carbons (Fsp3) is 0.160. The topological polar surface area (TPSA) is 64.0 Å². The van der Waals surface area contributed by atoms with Gasteiger partial charge in [0.1, 0.15) is 5.82 Å². The summed E-state index contributed by atoms with van der Waals surface area (Å²) in [6, 6.07) is 26.9. The molecule has 5 heteroatoms. The average molecular weight is 397 g/mol. The Kier molecular flexibility index (Phi) is 5.99. The van der Waals surface area contributed by atoms with Crippen molar-refractivity contribution in [3.8, 4) is 0 Å². The van der Waals surface area contributed by atoms with Gasteiger partial charge in [0.05, 0.1) is 24.1 Å². The second-order valence-electron chi connectivity index (χ2n) is 7.15. The van der Waals surface area contributed by atoms with Crippen molar-refractivity contribution in [2.24, 2.45) is 0 Å². The van der Waals surface area contributed by atoms with Crippen molar-refractivity contribution in [3.05, 3.63) is 102 Å². The molecule has 0 unspecified atom stereocenters. The molecule has 1 N–H and O–H groups in total.